The van der Waals surface area contributed by atoms with E-state index >= 15 is 0 Å². The van der Waals surface area contributed by atoms with E-state index in [4.69, 9.17) is 11.6 Å². The third-order valence-corrected chi connectivity index (χ3v) is 3.21. The molecule has 0 aliphatic carbocycles. The van der Waals surface area contributed by atoms with Crippen LogP contribution in [0.3, 0.4) is 0 Å². The van der Waals surface area contributed by atoms with Gasteiger partial charge in [-0.05, 0) is 19.4 Å². The molecule has 0 aromatic rings. The molecule has 0 radical (unpaired) electrons. The van der Waals surface area contributed by atoms with Gasteiger partial charge in [-0.1, -0.05) is 6.92 Å². The molecule has 0 fully saturated rings. The Labute approximate surface area is 85.8 Å². The normalized spacial score (nSPS) is 14.4. The van der Waals surface area contributed by atoms with Gasteiger partial charge < -0.3 is 5.32 Å². The van der Waals surface area contributed by atoms with Gasteiger partial charge in [0.05, 0.1) is 5.75 Å². The molecule has 1 unspecified atom stereocenters. The zero-order valence-electron chi connectivity index (χ0n) is 8.22. The summed E-state index contributed by atoms with van der Waals surface area (Å²) in [5, 5.41) is 3.20. The van der Waals surface area contributed by atoms with Crippen LogP contribution in [0, 0.1) is 0 Å². The summed E-state index contributed by atoms with van der Waals surface area (Å²) < 4.78 is 21.5. The smallest absolute Gasteiger partial charge is 0.147 e. The lowest BCUT2D eigenvalue weighted by atomic mass is 10.2. The second kappa shape index (κ2) is 6.62. The number of sulfone groups is 1. The Morgan fingerprint density at radius 1 is 1.46 bits per heavy atom. The van der Waals surface area contributed by atoms with Crippen LogP contribution < -0.4 is 5.32 Å². The van der Waals surface area contributed by atoms with Gasteiger partial charge in [0.1, 0.15) is 9.84 Å². The SMILES string of the molecule is CCC(CCl)NCCCS(C)(=O)=O. The van der Waals surface area contributed by atoms with Gasteiger partial charge in [-0.2, -0.15) is 0 Å². The molecular formula is C8H18ClNO2S. The Kier molecular flexibility index (Phi) is 6.73. The van der Waals surface area contributed by atoms with E-state index in [1.807, 2.05) is 0 Å². The molecule has 0 amide bonds. The standard InChI is InChI=1S/C8H18ClNO2S/c1-3-8(7-9)10-5-4-6-13(2,11)12/h8,10H,3-7H2,1-2H3. The van der Waals surface area contributed by atoms with Gasteiger partial charge in [0, 0.05) is 18.2 Å². The molecule has 80 valence electrons. The molecule has 0 saturated carbocycles. The van der Waals surface area contributed by atoms with Crippen LogP contribution in [0.25, 0.3) is 0 Å². The van der Waals surface area contributed by atoms with Crippen molar-refractivity contribution in [2.45, 2.75) is 25.8 Å². The number of rotatable bonds is 7. The molecule has 0 rings (SSSR count). The van der Waals surface area contributed by atoms with E-state index in [9.17, 15) is 8.42 Å². The van der Waals surface area contributed by atoms with Crippen LogP contribution in [0.5, 0.6) is 0 Å². The fourth-order valence-corrected chi connectivity index (χ4v) is 1.94. The number of nitrogens with one attached hydrogen (secondary N) is 1. The lowest BCUT2D eigenvalue weighted by molar-refractivity contribution is 0.534. The Morgan fingerprint density at radius 3 is 2.46 bits per heavy atom. The first-order valence-corrected chi connectivity index (χ1v) is 7.06. The van der Waals surface area contributed by atoms with Crippen molar-refractivity contribution in [1.82, 2.24) is 5.32 Å². The quantitative estimate of drug-likeness (QED) is 0.522. The molecule has 0 aliphatic rings. The van der Waals surface area contributed by atoms with Crippen molar-refractivity contribution in [2.75, 3.05) is 24.4 Å². The van der Waals surface area contributed by atoms with E-state index < -0.39 is 9.84 Å². The summed E-state index contributed by atoms with van der Waals surface area (Å²) in [6.45, 7) is 2.77. The van der Waals surface area contributed by atoms with Crippen molar-refractivity contribution >= 4 is 21.4 Å². The number of hydrogen-bond donors (Lipinski definition) is 1. The van der Waals surface area contributed by atoms with E-state index in [0.29, 0.717) is 18.3 Å². The predicted octanol–water partition coefficient (Wildman–Crippen LogP) is 1.03. The molecule has 0 saturated heterocycles. The minimum atomic E-state index is -2.81. The first kappa shape index (κ1) is 13.2. The molecule has 0 spiro atoms. The Morgan fingerprint density at radius 2 is 2.08 bits per heavy atom. The molecule has 0 heterocycles. The minimum absolute atomic E-state index is 0.249. The minimum Gasteiger partial charge on any atom is -0.313 e. The molecule has 0 aromatic carbocycles. The van der Waals surface area contributed by atoms with Crippen LogP contribution >= 0.6 is 11.6 Å². The van der Waals surface area contributed by atoms with Gasteiger partial charge in [0.15, 0.2) is 0 Å². The maximum Gasteiger partial charge on any atom is 0.147 e. The average molecular weight is 228 g/mol. The van der Waals surface area contributed by atoms with E-state index in [-0.39, 0.29) is 5.75 Å². The molecule has 1 N–H and O–H groups in total. The second-order valence-corrected chi connectivity index (χ2v) is 5.77. The summed E-state index contributed by atoms with van der Waals surface area (Å²) >= 11 is 5.66. The van der Waals surface area contributed by atoms with Gasteiger partial charge in [0.2, 0.25) is 0 Å². The van der Waals surface area contributed by atoms with Crippen molar-refractivity contribution in [3.8, 4) is 0 Å². The van der Waals surface area contributed by atoms with Gasteiger partial charge in [-0.3, -0.25) is 0 Å². The van der Waals surface area contributed by atoms with Crippen molar-refractivity contribution in [1.29, 1.82) is 0 Å². The first-order chi connectivity index (χ1) is 5.99. The third-order valence-electron chi connectivity index (χ3n) is 1.80. The lowest BCUT2D eigenvalue weighted by Crippen LogP contribution is -2.31. The maximum absolute atomic E-state index is 10.8. The van der Waals surface area contributed by atoms with Crippen LogP contribution in [-0.2, 0) is 9.84 Å². The van der Waals surface area contributed by atoms with Crippen LogP contribution in [0.15, 0.2) is 0 Å². The van der Waals surface area contributed by atoms with Gasteiger partial charge >= 0.3 is 0 Å². The second-order valence-electron chi connectivity index (χ2n) is 3.20. The summed E-state index contributed by atoms with van der Waals surface area (Å²) in [5.74, 6) is 0.827. The topological polar surface area (TPSA) is 46.2 Å². The van der Waals surface area contributed by atoms with Crippen LogP contribution in [-0.4, -0.2) is 38.9 Å². The molecule has 0 aliphatic heterocycles. The van der Waals surface area contributed by atoms with Gasteiger partial charge in [0.25, 0.3) is 0 Å². The average Bonchev–Trinajstić information content (AvgIpc) is 2.03. The molecule has 0 bridgehead atoms. The molecule has 0 aromatic heterocycles. The maximum atomic E-state index is 10.8. The fourth-order valence-electron chi connectivity index (χ4n) is 0.949. The fraction of sp³-hybridized carbons (Fsp3) is 1.00. The highest BCUT2D eigenvalue weighted by molar-refractivity contribution is 7.90. The molecule has 3 nitrogen and oxygen atoms in total. The predicted molar refractivity (Wildman–Crippen MR) is 57.1 cm³/mol. The van der Waals surface area contributed by atoms with E-state index in [1.54, 1.807) is 0 Å². The van der Waals surface area contributed by atoms with Gasteiger partial charge in [-0.25, -0.2) is 8.42 Å². The lowest BCUT2D eigenvalue weighted by Gasteiger charge is -2.12. The zero-order valence-corrected chi connectivity index (χ0v) is 9.79. The van der Waals surface area contributed by atoms with Crippen molar-refractivity contribution in [3.05, 3.63) is 0 Å². The van der Waals surface area contributed by atoms with Crippen LogP contribution in [0.2, 0.25) is 0 Å². The Bertz CT molecular complexity index is 212. The molecule has 13 heavy (non-hydrogen) atoms. The van der Waals surface area contributed by atoms with Crippen molar-refractivity contribution in [3.63, 3.8) is 0 Å². The highest BCUT2D eigenvalue weighted by Crippen LogP contribution is 1.94. The largest absolute Gasteiger partial charge is 0.313 e. The summed E-state index contributed by atoms with van der Waals surface area (Å²) in [7, 11) is -2.81. The highest BCUT2D eigenvalue weighted by Gasteiger charge is 2.04. The van der Waals surface area contributed by atoms with Crippen molar-refractivity contribution in [2.24, 2.45) is 0 Å². The van der Waals surface area contributed by atoms with Crippen LogP contribution in [0.4, 0.5) is 0 Å². The molecule has 5 heteroatoms. The van der Waals surface area contributed by atoms with Crippen LogP contribution in [0.1, 0.15) is 19.8 Å². The molecular weight excluding hydrogens is 210 g/mol. The van der Waals surface area contributed by atoms with Crippen molar-refractivity contribution < 1.29 is 8.42 Å². The Balaban J connectivity index is 3.45. The number of halogens is 1. The highest BCUT2D eigenvalue weighted by atomic mass is 35.5. The van der Waals surface area contributed by atoms with Gasteiger partial charge in [-0.15, -0.1) is 11.6 Å². The first-order valence-electron chi connectivity index (χ1n) is 4.46. The summed E-state index contributed by atoms with van der Waals surface area (Å²) in [5.41, 5.74) is 0. The summed E-state index contributed by atoms with van der Waals surface area (Å²) in [4.78, 5) is 0. The summed E-state index contributed by atoms with van der Waals surface area (Å²) in [6, 6.07) is 0.307. The number of alkyl halides is 1. The summed E-state index contributed by atoms with van der Waals surface area (Å²) in [6.07, 6.45) is 2.89. The number of hydrogen-bond acceptors (Lipinski definition) is 3. The van der Waals surface area contributed by atoms with E-state index in [1.165, 1.54) is 6.26 Å². The van der Waals surface area contributed by atoms with E-state index in [2.05, 4.69) is 12.2 Å². The third kappa shape index (κ3) is 8.53. The zero-order chi connectivity index (χ0) is 10.3. The Hall–Kier alpha value is 0.200. The van der Waals surface area contributed by atoms with E-state index in [0.717, 1.165) is 13.0 Å². The monoisotopic (exact) mass is 227 g/mol. The molecule has 1 atom stereocenters.